The van der Waals surface area contributed by atoms with Crippen LogP contribution in [0.25, 0.3) is 0 Å². The molecule has 1 aromatic carbocycles. The minimum absolute atomic E-state index is 0.0274. The van der Waals surface area contributed by atoms with E-state index in [0.29, 0.717) is 6.54 Å². The van der Waals surface area contributed by atoms with Crippen LogP contribution in [-0.4, -0.2) is 19.0 Å². The van der Waals surface area contributed by atoms with E-state index in [-0.39, 0.29) is 5.91 Å². The van der Waals surface area contributed by atoms with Gasteiger partial charge in [-0.05, 0) is 55.5 Å². The fourth-order valence-corrected chi connectivity index (χ4v) is 3.24. The van der Waals surface area contributed by atoms with Crippen LogP contribution in [0, 0.1) is 11.8 Å². The average molecular weight is 353 g/mol. The maximum Gasteiger partial charge on any atom is 0.238 e. The standard InChI is InChI=1S/C17H25BrN2O/c1-2-13-3-5-14(6-4-13)11-19-12-17(21)20-16-9-7-15(18)8-10-16/h7-10,13-14,19H,2-6,11-12H2,1H3,(H,20,21). The number of rotatable bonds is 6. The van der Waals surface area contributed by atoms with Gasteiger partial charge >= 0.3 is 0 Å². The lowest BCUT2D eigenvalue weighted by molar-refractivity contribution is -0.115. The Hall–Kier alpha value is -0.870. The van der Waals surface area contributed by atoms with E-state index in [2.05, 4.69) is 33.5 Å². The fraction of sp³-hybridized carbons (Fsp3) is 0.588. The summed E-state index contributed by atoms with van der Waals surface area (Å²) < 4.78 is 1.02. The van der Waals surface area contributed by atoms with Crippen LogP contribution in [0.2, 0.25) is 0 Å². The van der Waals surface area contributed by atoms with Crippen molar-refractivity contribution < 1.29 is 4.79 Å². The van der Waals surface area contributed by atoms with E-state index in [1.165, 1.54) is 32.1 Å². The van der Waals surface area contributed by atoms with E-state index in [0.717, 1.165) is 28.5 Å². The third kappa shape index (κ3) is 5.79. The summed E-state index contributed by atoms with van der Waals surface area (Å²) >= 11 is 3.38. The molecule has 0 bridgehead atoms. The molecule has 0 saturated heterocycles. The van der Waals surface area contributed by atoms with E-state index in [4.69, 9.17) is 0 Å². The van der Waals surface area contributed by atoms with Crippen molar-refractivity contribution in [3.8, 4) is 0 Å². The van der Waals surface area contributed by atoms with Crippen LogP contribution in [0.15, 0.2) is 28.7 Å². The molecule has 2 rings (SSSR count). The number of amides is 1. The molecular weight excluding hydrogens is 328 g/mol. The van der Waals surface area contributed by atoms with Crippen LogP contribution in [-0.2, 0) is 4.79 Å². The van der Waals surface area contributed by atoms with Crippen molar-refractivity contribution in [1.82, 2.24) is 5.32 Å². The highest BCUT2D eigenvalue weighted by molar-refractivity contribution is 9.10. The Labute approximate surface area is 136 Å². The number of benzene rings is 1. The summed E-state index contributed by atoms with van der Waals surface area (Å²) in [6, 6.07) is 7.65. The van der Waals surface area contributed by atoms with Crippen molar-refractivity contribution in [2.75, 3.05) is 18.4 Å². The largest absolute Gasteiger partial charge is 0.325 e. The molecule has 0 atom stereocenters. The van der Waals surface area contributed by atoms with Crippen LogP contribution in [0.4, 0.5) is 5.69 Å². The zero-order valence-electron chi connectivity index (χ0n) is 12.7. The lowest BCUT2D eigenvalue weighted by Gasteiger charge is -2.27. The van der Waals surface area contributed by atoms with Gasteiger partial charge in [-0.25, -0.2) is 0 Å². The molecule has 0 radical (unpaired) electrons. The van der Waals surface area contributed by atoms with Gasteiger partial charge < -0.3 is 10.6 Å². The van der Waals surface area contributed by atoms with Gasteiger partial charge in [0.25, 0.3) is 0 Å². The number of nitrogens with one attached hydrogen (secondary N) is 2. The van der Waals surface area contributed by atoms with Gasteiger partial charge in [-0.2, -0.15) is 0 Å². The average Bonchev–Trinajstić information content (AvgIpc) is 2.50. The molecule has 0 unspecified atom stereocenters. The SMILES string of the molecule is CCC1CCC(CNCC(=O)Nc2ccc(Br)cc2)CC1. The summed E-state index contributed by atoms with van der Waals surface area (Å²) in [7, 11) is 0. The first-order valence-electron chi connectivity index (χ1n) is 7.93. The van der Waals surface area contributed by atoms with Gasteiger partial charge in [0.15, 0.2) is 0 Å². The van der Waals surface area contributed by atoms with Crippen molar-refractivity contribution in [1.29, 1.82) is 0 Å². The second kappa shape index (κ2) is 8.54. The lowest BCUT2D eigenvalue weighted by Crippen LogP contribution is -2.33. The Morgan fingerprint density at radius 3 is 2.38 bits per heavy atom. The fourth-order valence-electron chi connectivity index (χ4n) is 2.97. The predicted octanol–water partition coefficient (Wildman–Crippen LogP) is 4.19. The van der Waals surface area contributed by atoms with E-state index in [1.54, 1.807) is 0 Å². The van der Waals surface area contributed by atoms with Crippen molar-refractivity contribution >= 4 is 27.5 Å². The second-order valence-electron chi connectivity index (χ2n) is 5.98. The normalized spacial score (nSPS) is 22.0. The summed E-state index contributed by atoms with van der Waals surface area (Å²) in [5.41, 5.74) is 0.841. The molecule has 21 heavy (non-hydrogen) atoms. The minimum atomic E-state index is 0.0274. The van der Waals surface area contributed by atoms with Gasteiger partial charge in [-0.1, -0.05) is 42.1 Å². The van der Waals surface area contributed by atoms with Gasteiger partial charge in [-0.3, -0.25) is 4.79 Å². The number of carbonyl (C=O) groups is 1. The van der Waals surface area contributed by atoms with Crippen LogP contribution < -0.4 is 10.6 Å². The zero-order chi connectivity index (χ0) is 15.1. The maximum atomic E-state index is 11.9. The third-order valence-corrected chi connectivity index (χ3v) is 4.92. The van der Waals surface area contributed by atoms with Crippen molar-refractivity contribution in [3.05, 3.63) is 28.7 Å². The van der Waals surface area contributed by atoms with Gasteiger partial charge in [0.2, 0.25) is 5.91 Å². The number of halogens is 1. The summed E-state index contributed by atoms with van der Waals surface area (Å²) in [6.07, 6.45) is 6.64. The predicted molar refractivity (Wildman–Crippen MR) is 91.4 cm³/mol. The monoisotopic (exact) mass is 352 g/mol. The van der Waals surface area contributed by atoms with E-state index >= 15 is 0 Å². The molecule has 1 amide bonds. The molecule has 1 aliphatic rings. The van der Waals surface area contributed by atoms with E-state index in [1.807, 2.05) is 24.3 Å². The van der Waals surface area contributed by atoms with Gasteiger partial charge in [0.1, 0.15) is 0 Å². The summed E-state index contributed by atoms with van der Waals surface area (Å²) in [5, 5.41) is 6.20. The lowest BCUT2D eigenvalue weighted by atomic mass is 9.81. The molecule has 0 heterocycles. The van der Waals surface area contributed by atoms with Crippen LogP contribution in [0.1, 0.15) is 39.0 Å². The topological polar surface area (TPSA) is 41.1 Å². The van der Waals surface area contributed by atoms with Gasteiger partial charge in [0, 0.05) is 10.2 Å². The number of hydrogen-bond donors (Lipinski definition) is 2. The quantitative estimate of drug-likeness (QED) is 0.805. The molecule has 2 N–H and O–H groups in total. The van der Waals surface area contributed by atoms with Crippen molar-refractivity contribution in [3.63, 3.8) is 0 Å². The van der Waals surface area contributed by atoms with Crippen molar-refractivity contribution in [2.24, 2.45) is 11.8 Å². The molecule has 116 valence electrons. The van der Waals surface area contributed by atoms with Crippen LogP contribution >= 0.6 is 15.9 Å². The van der Waals surface area contributed by atoms with E-state index in [9.17, 15) is 4.79 Å². The first-order chi connectivity index (χ1) is 10.2. The molecule has 1 aromatic rings. The Bertz CT molecular complexity index is 439. The number of hydrogen-bond acceptors (Lipinski definition) is 2. The first-order valence-corrected chi connectivity index (χ1v) is 8.72. The maximum absolute atomic E-state index is 11.9. The molecule has 0 aliphatic heterocycles. The van der Waals surface area contributed by atoms with E-state index < -0.39 is 0 Å². The highest BCUT2D eigenvalue weighted by Gasteiger charge is 2.19. The Morgan fingerprint density at radius 1 is 1.14 bits per heavy atom. The summed E-state index contributed by atoms with van der Waals surface area (Å²) in [4.78, 5) is 11.9. The highest BCUT2D eigenvalue weighted by Crippen LogP contribution is 2.29. The second-order valence-corrected chi connectivity index (χ2v) is 6.90. The molecular formula is C17H25BrN2O. The van der Waals surface area contributed by atoms with Crippen LogP contribution in [0.3, 0.4) is 0 Å². The number of carbonyl (C=O) groups excluding carboxylic acids is 1. The summed E-state index contributed by atoms with van der Waals surface area (Å²) in [5.74, 6) is 1.70. The Kier molecular flexibility index (Phi) is 6.71. The molecule has 0 spiro atoms. The first kappa shape index (κ1) is 16.5. The Balaban J connectivity index is 1.62. The molecule has 1 saturated carbocycles. The van der Waals surface area contributed by atoms with Gasteiger partial charge in [-0.15, -0.1) is 0 Å². The van der Waals surface area contributed by atoms with Crippen LogP contribution in [0.5, 0.6) is 0 Å². The van der Waals surface area contributed by atoms with Gasteiger partial charge in [0.05, 0.1) is 6.54 Å². The summed E-state index contributed by atoms with van der Waals surface area (Å²) in [6.45, 7) is 3.64. The third-order valence-electron chi connectivity index (χ3n) is 4.39. The molecule has 1 aliphatic carbocycles. The highest BCUT2D eigenvalue weighted by atomic mass is 79.9. The molecule has 4 heteroatoms. The minimum Gasteiger partial charge on any atom is -0.325 e. The smallest absolute Gasteiger partial charge is 0.238 e. The molecule has 1 fully saturated rings. The Morgan fingerprint density at radius 2 is 1.76 bits per heavy atom. The molecule has 3 nitrogen and oxygen atoms in total. The molecule has 0 aromatic heterocycles. The van der Waals surface area contributed by atoms with Crippen molar-refractivity contribution in [2.45, 2.75) is 39.0 Å². The number of anilines is 1. The zero-order valence-corrected chi connectivity index (χ0v) is 14.3.